The summed E-state index contributed by atoms with van der Waals surface area (Å²) >= 11 is 13.4. The molecule has 0 saturated carbocycles. The molecule has 2 rings (SSSR count). The van der Waals surface area contributed by atoms with Gasteiger partial charge in [-0.1, -0.05) is 36.2 Å². The molecule has 0 amide bonds. The van der Waals surface area contributed by atoms with Crippen LogP contribution in [0.5, 0.6) is 0 Å². The molecule has 1 aromatic carbocycles. The van der Waals surface area contributed by atoms with Crippen LogP contribution in [0.2, 0.25) is 10.0 Å². The predicted molar refractivity (Wildman–Crippen MR) is 81.1 cm³/mol. The van der Waals surface area contributed by atoms with E-state index in [2.05, 4.69) is 21.0 Å². The van der Waals surface area contributed by atoms with Gasteiger partial charge in [0, 0.05) is 10.0 Å². The van der Waals surface area contributed by atoms with Crippen LogP contribution in [0, 0.1) is 0 Å². The largest absolute Gasteiger partial charge is 0.308 e. The second-order valence-electron chi connectivity index (χ2n) is 4.28. The zero-order chi connectivity index (χ0) is 13.7. The van der Waals surface area contributed by atoms with Crippen LogP contribution in [0.15, 0.2) is 24.4 Å². The quantitative estimate of drug-likeness (QED) is 0.871. The molecule has 102 valence electrons. The molecule has 0 fully saturated rings. The number of halogens is 2. The molecule has 0 saturated heterocycles. The first kappa shape index (κ1) is 14.7. The summed E-state index contributed by atoms with van der Waals surface area (Å²) in [4.78, 5) is 0. The van der Waals surface area contributed by atoms with Crippen LogP contribution in [-0.4, -0.2) is 15.3 Å². The Morgan fingerprint density at radius 2 is 2.21 bits per heavy atom. The highest BCUT2D eigenvalue weighted by Crippen LogP contribution is 2.25. The van der Waals surface area contributed by atoms with E-state index in [9.17, 15) is 0 Å². The summed E-state index contributed by atoms with van der Waals surface area (Å²) in [5, 5.41) is 4.82. The molecule has 0 radical (unpaired) electrons. The highest BCUT2D eigenvalue weighted by molar-refractivity contribution is 6.99. The Kier molecular flexibility index (Phi) is 5.58. The van der Waals surface area contributed by atoms with Gasteiger partial charge in [-0.3, -0.25) is 0 Å². The first-order valence-electron chi connectivity index (χ1n) is 6.15. The fourth-order valence-corrected chi connectivity index (χ4v) is 2.79. The Morgan fingerprint density at radius 1 is 1.37 bits per heavy atom. The van der Waals surface area contributed by atoms with Crippen molar-refractivity contribution in [1.29, 1.82) is 0 Å². The number of hydrogen-bond donors (Lipinski definition) is 1. The van der Waals surface area contributed by atoms with Crippen LogP contribution >= 0.6 is 34.9 Å². The molecule has 19 heavy (non-hydrogen) atoms. The molecular formula is C13H15Cl2N3S. The second-order valence-corrected chi connectivity index (χ2v) is 5.68. The summed E-state index contributed by atoms with van der Waals surface area (Å²) in [5.41, 5.74) is 2.03. The smallest absolute Gasteiger partial charge is 0.0915 e. The first-order chi connectivity index (χ1) is 9.20. The van der Waals surface area contributed by atoms with Crippen LogP contribution < -0.4 is 5.32 Å². The van der Waals surface area contributed by atoms with Gasteiger partial charge in [-0.25, -0.2) is 0 Å². The molecule has 2 aromatic rings. The molecule has 0 spiro atoms. The maximum absolute atomic E-state index is 6.22. The lowest BCUT2D eigenvalue weighted by molar-refractivity contribution is 0.521. The van der Waals surface area contributed by atoms with Crippen molar-refractivity contribution in [3.05, 3.63) is 45.7 Å². The molecule has 1 atom stereocenters. The molecule has 1 N–H and O–H groups in total. The average Bonchev–Trinajstić information content (AvgIpc) is 2.90. The maximum atomic E-state index is 6.22. The maximum Gasteiger partial charge on any atom is 0.0915 e. The Hall–Kier alpha value is -0.680. The fraction of sp³-hybridized carbons (Fsp3) is 0.385. The number of nitrogens with one attached hydrogen (secondary N) is 1. The Morgan fingerprint density at radius 3 is 2.84 bits per heavy atom. The van der Waals surface area contributed by atoms with Crippen molar-refractivity contribution in [3.63, 3.8) is 0 Å². The highest BCUT2D eigenvalue weighted by atomic mass is 35.5. The van der Waals surface area contributed by atoms with Gasteiger partial charge in [0.2, 0.25) is 0 Å². The van der Waals surface area contributed by atoms with E-state index < -0.39 is 0 Å². The number of nitrogens with zero attached hydrogens (tertiary/aromatic N) is 2. The Labute approximate surface area is 127 Å². The molecule has 0 aliphatic rings. The van der Waals surface area contributed by atoms with Crippen LogP contribution in [0.3, 0.4) is 0 Å². The Balaban J connectivity index is 2.15. The summed E-state index contributed by atoms with van der Waals surface area (Å²) in [7, 11) is 0. The zero-order valence-corrected chi connectivity index (χ0v) is 12.9. The molecule has 1 heterocycles. The minimum atomic E-state index is 0.136. The molecule has 1 unspecified atom stereocenters. The summed E-state index contributed by atoms with van der Waals surface area (Å²) in [6.07, 6.45) is 3.66. The summed E-state index contributed by atoms with van der Waals surface area (Å²) in [5.74, 6) is 0. The molecule has 0 bridgehead atoms. The molecule has 6 heteroatoms. The molecule has 1 aromatic heterocycles. The van der Waals surface area contributed by atoms with E-state index in [1.54, 1.807) is 6.07 Å². The molecule has 0 aliphatic heterocycles. The van der Waals surface area contributed by atoms with Crippen molar-refractivity contribution >= 4 is 34.9 Å². The van der Waals surface area contributed by atoms with Crippen molar-refractivity contribution in [1.82, 2.24) is 14.1 Å². The topological polar surface area (TPSA) is 37.8 Å². The third kappa shape index (κ3) is 4.14. The number of hydrogen-bond acceptors (Lipinski definition) is 4. The van der Waals surface area contributed by atoms with Crippen LogP contribution in [0.4, 0.5) is 0 Å². The number of benzene rings is 1. The van der Waals surface area contributed by atoms with E-state index in [-0.39, 0.29) is 6.04 Å². The van der Waals surface area contributed by atoms with Crippen LogP contribution in [0.1, 0.15) is 30.6 Å². The molecule has 0 aliphatic carbocycles. The van der Waals surface area contributed by atoms with E-state index in [1.165, 1.54) is 11.7 Å². The van der Waals surface area contributed by atoms with Crippen LogP contribution in [0.25, 0.3) is 0 Å². The van der Waals surface area contributed by atoms with Crippen molar-refractivity contribution in [3.8, 4) is 0 Å². The summed E-state index contributed by atoms with van der Waals surface area (Å²) in [6, 6.07) is 5.73. The lowest BCUT2D eigenvalue weighted by atomic mass is 10.0. The van der Waals surface area contributed by atoms with E-state index in [1.807, 2.05) is 18.3 Å². The second kappa shape index (κ2) is 7.20. The van der Waals surface area contributed by atoms with Gasteiger partial charge in [0.15, 0.2) is 0 Å². The minimum Gasteiger partial charge on any atom is -0.308 e. The zero-order valence-electron chi connectivity index (χ0n) is 10.6. The van der Waals surface area contributed by atoms with Gasteiger partial charge in [-0.2, -0.15) is 8.75 Å². The molecular weight excluding hydrogens is 301 g/mol. The fourth-order valence-electron chi connectivity index (χ4n) is 1.83. The SMILES string of the molecule is CCCNC(Cc1ccc(Cl)cc1Cl)c1cnsn1. The monoisotopic (exact) mass is 315 g/mol. The van der Waals surface area contributed by atoms with Gasteiger partial charge in [-0.15, -0.1) is 0 Å². The Bertz CT molecular complexity index is 517. The van der Waals surface area contributed by atoms with Crippen molar-refractivity contribution in [2.24, 2.45) is 0 Å². The minimum absolute atomic E-state index is 0.136. The van der Waals surface area contributed by atoms with Gasteiger partial charge in [0.05, 0.1) is 29.7 Å². The van der Waals surface area contributed by atoms with Gasteiger partial charge in [0.25, 0.3) is 0 Å². The van der Waals surface area contributed by atoms with Gasteiger partial charge >= 0.3 is 0 Å². The van der Waals surface area contributed by atoms with Gasteiger partial charge < -0.3 is 5.32 Å². The number of aromatic nitrogens is 2. The standard InChI is InChI=1S/C13H15Cl2N3S/c1-2-5-16-12(13-8-17-19-18-13)6-9-3-4-10(14)7-11(9)15/h3-4,7-8,12,16H,2,5-6H2,1H3. The van der Waals surface area contributed by atoms with E-state index in [0.717, 1.165) is 30.6 Å². The normalized spacial score (nSPS) is 12.6. The van der Waals surface area contributed by atoms with E-state index in [4.69, 9.17) is 23.2 Å². The van der Waals surface area contributed by atoms with Gasteiger partial charge in [-0.05, 0) is 37.1 Å². The summed E-state index contributed by atoms with van der Waals surface area (Å²) < 4.78 is 8.38. The number of rotatable bonds is 6. The third-order valence-electron chi connectivity index (χ3n) is 2.82. The van der Waals surface area contributed by atoms with Gasteiger partial charge in [0.1, 0.15) is 0 Å². The predicted octanol–water partition coefficient (Wildman–Crippen LogP) is 4.13. The van der Waals surface area contributed by atoms with Crippen molar-refractivity contribution in [2.45, 2.75) is 25.8 Å². The lowest BCUT2D eigenvalue weighted by Gasteiger charge is -2.17. The van der Waals surface area contributed by atoms with Crippen molar-refractivity contribution in [2.75, 3.05) is 6.54 Å². The third-order valence-corrected chi connectivity index (χ3v) is 3.89. The van der Waals surface area contributed by atoms with Crippen LogP contribution in [-0.2, 0) is 6.42 Å². The highest BCUT2D eigenvalue weighted by Gasteiger charge is 2.16. The molecule has 3 nitrogen and oxygen atoms in total. The van der Waals surface area contributed by atoms with E-state index in [0.29, 0.717) is 10.0 Å². The van der Waals surface area contributed by atoms with Crippen molar-refractivity contribution < 1.29 is 0 Å². The average molecular weight is 316 g/mol. The first-order valence-corrected chi connectivity index (χ1v) is 7.64. The van der Waals surface area contributed by atoms with E-state index >= 15 is 0 Å². The summed E-state index contributed by atoms with van der Waals surface area (Å²) in [6.45, 7) is 3.08. The lowest BCUT2D eigenvalue weighted by Crippen LogP contribution is -2.24.